The number of carbonyl (C=O) groups excluding carboxylic acids is 1. The van der Waals surface area contributed by atoms with E-state index in [0.717, 1.165) is 62.8 Å². The molecule has 0 saturated carbocycles. The quantitative estimate of drug-likeness (QED) is 0.307. The highest BCUT2D eigenvalue weighted by Crippen LogP contribution is 2.33. The van der Waals surface area contributed by atoms with Gasteiger partial charge in [0.05, 0.1) is 40.4 Å². The molecular formula is C27H26N6O2. The molecule has 176 valence electrons. The van der Waals surface area contributed by atoms with Crippen LogP contribution < -0.4 is 10.1 Å². The number of imidazole rings is 1. The largest absolute Gasteiger partial charge is 0.476 e. The number of aromatic nitrogens is 4. The van der Waals surface area contributed by atoms with Gasteiger partial charge >= 0.3 is 0 Å². The van der Waals surface area contributed by atoms with Crippen LogP contribution in [0, 0.1) is 0 Å². The Balaban J connectivity index is 1.49. The fourth-order valence-electron chi connectivity index (χ4n) is 3.94. The number of hydrogen-bond acceptors (Lipinski definition) is 7. The van der Waals surface area contributed by atoms with E-state index in [2.05, 4.69) is 54.4 Å². The van der Waals surface area contributed by atoms with Crippen LogP contribution in [0.3, 0.4) is 0 Å². The molecule has 0 unspecified atom stereocenters. The summed E-state index contributed by atoms with van der Waals surface area (Å²) in [5.74, 6) is 0.571. The van der Waals surface area contributed by atoms with Crippen molar-refractivity contribution in [3.8, 4) is 17.0 Å². The van der Waals surface area contributed by atoms with Crippen LogP contribution >= 0.6 is 0 Å². The van der Waals surface area contributed by atoms with Crippen LogP contribution in [0.25, 0.3) is 33.1 Å². The average Bonchev–Trinajstić information content (AvgIpc) is 3.34. The number of nitrogens with zero attached hydrogens (tertiary/aromatic N) is 4. The molecule has 0 aliphatic rings. The first-order valence-corrected chi connectivity index (χ1v) is 11.4. The third kappa shape index (κ3) is 4.97. The van der Waals surface area contributed by atoms with Gasteiger partial charge in [-0.2, -0.15) is 0 Å². The summed E-state index contributed by atoms with van der Waals surface area (Å²) in [6, 6.07) is 16.0. The van der Waals surface area contributed by atoms with E-state index < -0.39 is 0 Å². The van der Waals surface area contributed by atoms with Crippen LogP contribution in [0.2, 0.25) is 0 Å². The summed E-state index contributed by atoms with van der Waals surface area (Å²) in [6.07, 6.45) is 6.33. The van der Waals surface area contributed by atoms with Gasteiger partial charge in [-0.05, 0) is 55.6 Å². The minimum atomic E-state index is 0.259. The Morgan fingerprint density at radius 3 is 2.57 bits per heavy atom. The molecule has 0 bridgehead atoms. The molecule has 0 amide bonds. The van der Waals surface area contributed by atoms with E-state index in [1.807, 2.05) is 38.4 Å². The Morgan fingerprint density at radius 2 is 1.80 bits per heavy atom. The second kappa shape index (κ2) is 9.90. The van der Waals surface area contributed by atoms with Crippen LogP contribution in [-0.4, -0.2) is 58.4 Å². The van der Waals surface area contributed by atoms with Gasteiger partial charge in [0.25, 0.3) is 0 Å². The fourth-order valence-corrected chi connectivity index (χ4v) is 3.94. The number of likely N-dealkylation sites (N-methyl/N-ethyl adjacent to an activating group) is 1. The van der Waals surface area contributed by atoms with Crippen molar-refractivity contribution in [2.45, 2.75) is 6.42 Å². The molecule has 0 spiro atoms. The summed E-state index contributed by atoms with van der Waals surface area (Å²) < 4.78 is 5.70. The first-order valence-electron chi connectivity index (χ1n) is 11.4. The molecule has 0 aliphatic heterocycles. The van der Waals surface area contributed by atoms with Crippen molar-refractivity contribution in [3.05, 3.63) is 72.8 Å². The zero-order chi connectivity index (χ0) is 24.2. The maximum Gasteiger partial charge on any atom is 0.213 e. The number of hydrogen-bond donors (Lipinski definition) is 2. The number of benzene rings is 2. The number of aromatic amines is 1. The second-order valence-electron chi connectivity index (χ2n) is 8.56. The normalized spacial score (nSPS) is 11.3. The molecule has 3 aromatic heterocycles. The van der Waals surface area contributed by atoms with Gasteiger partial charge in [0.1, 0.15) is 12.9 Å². The Morgan fingerprint density at radius 1 is 0.971 bits per heavy atom. The minimum Gasteiger partial charge on any atom is -0.476 e. The number of ether oxygens (including phenoxy) is 1. The number of carbonyl (C=O) groups is 1. The van der Waals surface area contributed by atoms with Crippen LogP contribution in [0.15, 0.2) is 67.3 Å². The topological polar surface area (TPSA) is 96.0 Å². The highest BCUT2D eigenvalue weighted by Gasteiger charge is 2.12. The maximum absolute atomic E-state index is 11.4. The lowest BCUT2D eigenvalue weighted by molar-refractivity contribution is -0.107. The van der Waals surface area contributed by atoms with Crippen molar-refractivity contribution in [2.75, 3.05) is 32.6 Å². The van der Waals surface area contributed by atoms with E-state index in [4.69, 9.17) is 4.74 Å². The molecule has 0 radical (unpaired) electrons. The molecule has 8 nitrogen and oxygen atoms in total. The van der Waals surface area contributed by atoms with Crippen LogP contribution in [0.5, 0.6) is 5.88 Å². The van der Waals surface area contributed by atoms with Gasteiger partial charge in [-0.25, -0.2) is 9.97 Å². The Bertz CT molecular complexity index is 1480. The maximum atomic E-state index is 11.4. The SMILES string of the molecule is CN(C)CCOc1ccc(Nc2c(CC=O)cnc3ccc(-c4ccc5nc[nH]c5c4)cc23)cn1. The Kier molecular flexibility index (Phi) is 6.36. The lowest BCUT2D eigenvalue weighted by Crippen LogP contribution is -2.19. The summed E-state index contributed by atoms with van der Waals surface area (Å²) in [5.41, 5.74) is 7.32. The molecule has 8 heteroatoms. The Hall–Kier alpha value is -4.30. The number of fused-ring (bicyclic) bond motifs is 2. The minimum absolute atomic E-state index is 0.259. The zero-order valence-corrected chi connectivity index (χ0v) is 19.7. The van der Waals surface area contributed by atoms with Crippen molar-refractivity contribution in [2.24, 2.45) is 0 Å². The standard InChI is InChI=1S/C27H26N6O2/c1-33(2)10-12-35-26-8-5-21(16-29-26)32-27-20(9-11-34)15-28-23-6-3-18(13-22(23)27)19-4-7-24-25(14-19)31-17-30-24/h3-8,11,13-17H,9-10,12H2,1-2H3,(H,28,32)(H,30,31). The predicted octanol–water partition coefficient (Wildman–Crippen LogP) is 4.60. The average molecular weight is 467 g/mol. The van der Waals surface area contributed by atoms with Gasteiger partial charge in [0, 0.05) is 36.2 Å². The van der Waals surface area contributed by atoms with Gasteiger partial charge in [-0.1, -0.05) is 12.1 Å². The molecule has 0 aliphatic carbocycles. The summed E-state index contributed by atoms with van der Waals surface area (Å²) in [5, 5.41) is 4.39. The molecule has 35 heavy (non-hydrogen) atoms. The highest BCUT2D eigenvalue weighted by atomic mass is 16.5. The molecule has 0 atom stereocenters. The van der Waals surface area contributed by atoms with E-state index in [1.165, 1.54) is 0 Å². The lowest BCUT2D eigenvalue weighted by Gasteiger charge is -2.15. The number of rotatable bonds is 9. The summed E-state index contributed by atoms with van der Waals surface area (Å²) >= 11 is 0. The van der Waals surface area contributed by atoms with Crippen molar-refractivity contribution >= 4 is 39.6 Å². The third-order valence-corrected chi connectivity index (χ3v) is 5.80. The molecule has 2 N–H and O–H groups in total. The number of nitrogens with one attached hydrogen (secondary N) is 2. The van der Waals surface area contributed by atoms with Gasteiger partial charge in [0.2, 0.25) is 5.88 Å². The van der Waals surface area contributed by atoms with Crippen molar-refractivity contribution in [1.29, 1.82) is 0 Å². The summed E-state index contributed by atoms with van der Waals surface area (Å²) in [6.45, 7) is 1.38. The molecule has 5 aromatic rings. The van der Waals surface area contributed by atoms with E-state index in [1.54, 1.807) is 18.7 Å². The van der Waals surface area contributed by atoms with Gasteiger partial charge < -0.3 is 24.7 Å². The summed E-state index contributed by atoms with van der Waals surface area (Å²) in [4.78, 5) is 29.9. The van der Waals surface area contributed by atoms with Crippen molar-refractivity contribution in [3.63, 3.8) is 0 Å². The molecule has 0 fully saturated rings. The van der Waals surface area contributed by atoms with Crippen LogP contribution in [0.1, 0.15) is 5.56 Å². The highest BCUT2D eigenvalue weighted by molar-refractivity contribution is 5.98. The molecule has 5 rings (SSSR count). The van der Waals surface area contributed by atoms with Gasteiger partial charge in [0.15, 0.2) is 0 Å². The first-order chi connectivity index (χ1) is 17.1. The molecule has 0 saturated heterocycles. The van der Waals surface area contributed by atoms with E-state index >= 15 is 0 Å². The Labute approximate surface area is 203 Å². The number of H-pyrrole nitrogens is 1. The molecular weight excluding hydrogens is 440 g/mol. The third-order valence-electron chi connectivity index (χ3n) is 5.80. The van der Waals surface area contributed by atoms with Crippen molar-refractivity contribution in [1.82, 2.24) is 24.8 Å². The molecule has 2 aromatic carbocycles. The van der Waals surface area contributed by atoms with Crippen LogP contribution in [0.4, 0.5) is 11.4 Å². The van der Waals surface area contributed by atoms with E-state index in [0.29, 0.717) is 12.5 Å². The predicted molar refractivity (Wildman–Crippen MR) is 138 cm³/mol. The smallest absolute Gasteiger partial charge is 0.213 e. The zero-order valence-electron chi connectivity index (χ0n) is 19.7. The van der Waals surface area contributed by atoms with E-state index in [-0.39, 0.29) is 6.42 Å². The van der Waals surface area contributed by atoms with Crippen molar-refractivity contribution < 1.29 is 9.53 Å². The number of pyridine rings is 2. The lowest BCUT2D eigenvalue weighted by atomic mass is 10.00. The van der Waals surface area contributed by atoms with Gasteiger partial charge in [-0.3, -0.25) is 4.98 Å². The summed E-state index contributed by atoms with van der Waals surface area (Å²) in [7, 11) is 4.00. The monoisotopic (exact) mass is 466 g/mol. The molecule has 3 heterocycles. The van der Waals surface area contributed by atoms with E-state index in [9.17, 15) is 4.79 Å². The first kappa shape index (κ1) is 22.5. The number of anilines is 2. The van der Waals surface area contributed by atoms with Crippen LogP contribution in [-0.2, 0) is 11.2 Å². The second-order valence-corrected chi connectivity index (χ2v) is 8.56. The number of aldehydes is 1. The van der Waals surface area contributed by atoms with Gasteiger partial charge in [-0.15, -0.1) is 0 Å². The fraction of sp³-hybridized carbons (Fsp3) is 0.185.